The second kappa shape index (κ2) is 10.9. The number of alkyl halides is 6. The molecule has 1 heterocycles. The molecule has 0 fully saturated rings. The summed E-state index contributed by atoms with van der Waals surface area (Å²) in [4.78, 5) is 7.84. The van der Waals surface area contributed by atoms with Gasteiger partial charge in [-0.25, -0.2) is 17.6 Å². The van der Waals surface area contributed by atoms with E-state index in [-0.39, 0.29) is 43.7 Å². The van der Waals surface area contributed by atoms with Crippen LogP contribution in [0.25, 0.3) is 64.0 Å². The number of fused-ring (bicyclic) bond motifs is 7. The smallest absolute Gasteiger partial charge is 0.204 e. The quantitative estimate of drug-likeness (QED) is 0.133. The highest BCUT2D eigenvalue weighted by atomic mass is 32.1. The molecule has 49 heavy (non-hydrogen) atoms. The Kier molecular flexibility index (Phi) is 7.05. The van der Waals surface area contributed by atoms with Gasteiger partial charge in [0.05, 0.1) is 20.5 Å². The van der Waals surface area contributed by atoms with Gasteiger partial charge in [-0.3, -0.25) is 0 Å². The molecule has 1 aromatic heterocycles. The first-order valence-corrected chi connectivity index (χ1v) is 14.5. The van der Waals surface area contributed by atoms with Gasteiger partial charge >= 0.3 is 12.4 Å². The van der Waals surface area contributed by atoms with Crippen molar-refractivity contribution < 1.29 is 43.9 Å². The minimum Gasteiger partial charge on any atom is -0.204 e. The van der Waals surface area contributed by atoms with Gasteiger partial charge in [0, 0.05) is 21.5 Å². The number of benzene rings is 4. The van der Waals surface area contributed by atoms with Crippen LogP contribution in [0.1, 0.15) is 11.1 Å². The van der Waals surface area contributed by atoms with Crippen molar-refractivity contribution in [1.29, 1.82) is 10.5 Å². The fraction of sp³-hybridized carbons (Fsp3) is 0.0588. The average Bonchev–Trinajstić information content (AvgIpc) is 3.65. The second-order valence-electron chi connectivity index (χ2n) is 10.8. The van der Waals surface area contributed by atoms with Crippen LogP contribution in [0.5, 0.6) is 0 Å². The van der Waals surface area contributed by atoms with E-state index in [2.05, 4.69) is 9.98 Å². The molecule has 7 aromatic rings. The number of thiophene rings is 1. The van der Waals surface area contributed by atoms with Crippen LogP contribution in [-0.2, 0) is 12.4 Å². The molecular formula is C34H10F10N4S. The third-order valence-electron chi connectivity index (χ3n) is 8.08. The molecule has 0 aliphatic rings. The first-order chi connectivity index (χ1) is 23.1. The van der Waals surface area contributed by atoms with E-state index in [1.54, 1.807) is 12.4 Å². The molecule has 15 heteroatoms. The van der Waals surface area contributed by atoms with Crippen molar-refractivity contribution in [2.45, 2.75) is 12.4 Å². The topological polar surface area (TPSA) is 72.3 Å². The molecule has 0 saturated carbocycles. The Labute approximate surface area is 270 Å². The SMILES string of the molecule is N#CN=c1c2cc(-c3cc(F)c(F)c(C(F)(F)F)c3)ccc2c2c1sc1c(=NC#N)c3cc(-c4cc(F)c(F)c(C(F)(F)F)c4)ccc3c12. The number of hydrogen-bond acceptors (Lipinski definition) is 5. The lowest BCUT2D eigenvalue weighted by Crippen LogP contribution is -2.10. The fourth-order valence-electron chi connectivity index (χ4n) is 6.04. The molecule has 7 rings (SSSR count). The maximum absolute atomic E-state index is 14.3. The molecule has 0 atom stereocenters. The van der Waals surface area contributed by atoms with Crippen LogP contribution in [-0.4, -0.2) is 0 Å². The van der Waals surface area contributed by atoms with Gasteiger partial charge in [0.15, 0.2) is 23.3 Å². The van der Waals surface area contributed by atoms with Gasteiger partial charge in [0.2, 0.25) is 12.4 Å². The zero-order valence-electron chi connectivity index (χ0n) is 23.8. The summed E-state index contributed by atoms with van der Waals surface area (Å²) in [6.45, 7) is 0. The number of rotatable bonds is 2. The Morgan fingerprint density at radius 2 is 0.898 bits per heavy atom. The Bertz CT molecular complexity index is 2580. The number of nitrogens with zero attached hydrogens (tertiary/aromatic N) is 4. The van der Waals surface area contributed by atoms with E-state index in [0.29, 0.717) is 55.2 Å². The second-order valence-corrected chi connectivity index (χ2v) is 11.8. The van der Waals surface area contributed by atoms with E-state index in [1.165, 1.54) is 36.4 Å². The van der Waals surface area contributed by atoms with Gasteiger partial charge in [-0.15, -0.1) is 11.3 Å². The van der Waals surface area contributed by atoms with Crippen molar-refractivity contribution in [3.63, 3.8) is 0 Å². The molecule has 0 aliphatic carbocycles. The minimum absolute atomic E-state index is 0.0575. The van der Waals surface area contributed by atoms with E-state index in [0.717, 1.165) is 11.3 Å². The molecule has 0 radical (unpaired) electrons. The van der Waals surface area contributed by atoms with E-state index in [1.807, 2.05) is 0 Å². The zero-order chi connectivity index (χ0) is 35.2. The first-order valence-electron chi connectivity index (χ1n) is 13.7. The third kappa shape index (κ3) is 4.88. The highest BCUT2D eigenvalue weighted by Crippen LogP contribution is 2.44. The van der Waals surface area contributed by atoms with Crippen molar-refractivity contribution in [3.8, 4) is 34.6 Å². The van der Waals surface area contributed by atoms with Gasteiger partial charge in [0.1, 0.15) is 10.7 Å². The molecule has 242 valence electrons. The van der Waals surface area contributed by atoms with E-state index in [9.17, 15) is 54.4 Å². The van der Waals surface area contributed by atoms with Crippen LogP contribution in [0.2, 0.25) is 0 Å². The highest BCUT2D eigenvalue weighted by molar-refractivity contribution is 7.26. The van der Waals surface area contributed by atoms with Crippen molar-refractivity contribution >= 4 is 53.1 Å². The van der Waals surface area contributed by atoms with Crippen LogP contribution in [0.4, 0.5) is 43.9 Å². The monoisotopic (exact) mass is 696 g/mol. The van der Waals surface area contributed by atoms with Gasteiger partial charge in [-0.2, -0.15) is 46.9 Å². The van der Waals surface area contributed by atoms with E-state index in [4.69, 9.17) is 0 Å². The Morgan fingerprint density at radius 3 is 1.24 bits per heavy atom. The Morgan fingerprint density at radius 1 is 0.510 bits per heavy atom. The zero-order valence-corrected chi connectivity index (χ0v) is 24.6. The van der Waals surface area contributed by atoms with Crippen molar-refractivity contribution in [3.05, 3.63) is 106 Å². The summed E-state index contributed by atoms with van der Waals surface area (Å²) in [5.41, 5.74) is -4.08. The van der Waals surface area contributed by atoms with E-state index >= 15 is 0 Å². The standard InChI is InChI=1S/C34H10F10N4S/c35-23-9-15(7-21(27(23)37)33(39,40)41)13-1-3-17-19(5-13)29(47-11-45)31-25(17)26-18-4-2-14(6-20(18)30(48-12-46)32(26)49-31)16-8-22(34(42,43)44)28(38)24(36)10-16/h1-10H. The predicted molar refractivity (Wildman–Crippen MR) is 160 cm³/mol. The molecular weight excluding hydrogens is 686 g/mol. The molecule has 6 aromatic carbocycles. The molecule has 0 unspecified atom stereocenters. The number of halogens is 10. The minimum atomic E-state index is -5.18. The molecule has 4 nitrogen and oxygen atoms in total. The lowest BCUT2D eigenvalue weighted by atomic mass is 9.99. The largest absolute Gasteiger partial charge is 0.419 e. The summed E-state index contributed by atoms with van der Waals surface area (Å²) in [6.07, 6.45) is -7.00. The lowest BCUT2D eigenvalue weighted by molar-refractivity contribution is -0.141. The Balaban J connectivity index is 1.51. The van der Waals surface area contributed by atoms with Crippen LogP contribution in [0.3, 0.4) is 0 Å². The molecule has 0 bridgehead atoms. The van der Waals surface area contributed by atoms with E-state index < -0.39 is 46.7 Å². The van der Waals surface area contributed by atoms with Crippen LogP contribution in [0, 0.1) is 46.2 Å². The summed E-state index contributed by atoms with van der Waals surface area (Å²) >= 11 is 1.06. The van der Waals surface area contributed by atoms with Gasteiger partial charge in [0.25, 0.3) is 0 Å². The molecule has 0 spiro atoms. The molecule has 0 aliphatic heterocycles. The summed E-state index contributed by atoms with van der Waals surface area (Å²) in [5.74, 6) is -7.54. The summed E-state index contributed by atoms with van der Waals surface area (Å²) in [7, 11) is 0. The summed E-state index contributed by atoms with van der Waals surface area (Å²) in [6, 6.07) is 10.6. The fourth-order valence-corrected chi connectivity index (χ4v) is 7.38. The Hall–Kier alpha value is -5.80. The molecule has 0 saturated heterocycles. The average molecular weight is 697 g/mol. The predicted octanol–water partition coefficient (Wildman–Crippen LogP) is 9.93. The van der Waals surface area contributed by atoms with Crippen LogP contribution in [0.15, 0.2) is 70.6 Å². The maximum atomic E-state index is 14.3. The van der Waals surface area contributed by atoms with Gasteiger partial charge < -0.3 is 0 Å². The van der Waals surface area contributed by atoms with Crippen LogP contribution < -0.4 is 10.7 Å². The maximum Gasteiger partial charge on any atom is 0.419 e. The van der Waals surface area contributed by atoms with Gasteiger partial charge in [-0.05, 0) is 69.4 Å². The van der Waals surface area contributed by atoms with Crippen molar-refractivity contribution in [1.82, 2.24) is 0 Å². The molecule has 0 amide bonds. The highest BCUT2D eigenvalue weighted by Gasteiger charge is 2.37. The van der Waals surface area contributed by atoms with Crippen molar-refractivity contribution in [2.75, 3.05) is 0 Å². The normalized spacial score (nSPS) is 13.3. The third-order valence-corrected chi connectivity index (χ3v) is 9.29. The lowest BCUT2D eigenvalue weighted by Gasteiger charge is -2.11. The first kappa shape index (κ1) is 31.8. The van der Waals surface area contributed by atoms with Crippen LogP contribution >= 0.6 is 11.3 Å². The number of nitriles is 2. The number of hydrogen-bond donors (Lipinski definition) is 0. The summed E-state index contributed by atoms with van der Waals surface area (Å²) in [5, 5.41) is 21.7. The van der Waals surface area contributed by atoms with Crippen molar-refractivity contribution in [2.24, 2.45) is 9.98 Å². The summed E-state index contributed by atoms with van der Waals surface area (Å²) < 4.78 is 138. The van der Waals surface area contributed by atoms with Gasteiger partial charge in [-0.1, -0.05) is 24.3 Å². The molecule has 0 N–H and O–H groups in total.